The van der Waals surface area contributed by atoms with Gasteiger partial charge < -0.3 is 5.32 Å². The highest BCUT2D eigenvalue weighted by Gasteiger charge is 2.30. The molecule has 1 aromatic carbocycles. The fraction of sp³-hybridized carbons (Fsp3) is 0.273. The Morgan fingerprint density at radius 3 is 2.53 bits per heavy atom. The maximum absolute atomic E-state index is 11.7. The highest BCUT2D eigenvalue weighted by Crippen LogP contribution is 2.18. The van der Waals surface area contributed by atoms with E-state index < -0.39 is 0 Å². The standard InChI is InChI=1S/C11H12N2O2/c1-8-7-10(14)13(11(15)12-8)9-5-3-2-4-6-9/h2-6,8H,7H2,1H3,(H,12,15)/t8-/m1/s1. The van der Waals surface area contributed by atoms with E-state index in [0.29, 0.717) is 12.1 Å². The molecule has 1 saturated heterocycles. The summed E-state index contributed by atoms with van der Waals surface area (Å²) in [6, 6.07) is 8.51. The largest absolute Gasteiger partial charge is 0.334 e. The van der Waals surface area contributed by atoms with Crippen molar-refractivity contribution in [2.24, 2.45) is 0 Å². The van der Waals surface area contributed by atoms with Gasteiger partial charge in [-0.15, -0.1) is 0 Å². The third-order valence-corrected chi connectivity index (χ3v) is 2.32. The molecule has 0 aromatic heterocycles. The Labute approximate surface area is 87.9 Å². The van der Waals surface area contributed by atoms with E-state index in [4.69, 9.17) is 0 Å². The van der Waals surface area contributed by atoms with Crippen LogP contribution in [0.2, 0.25) is 0 Å². The minimum atomic E-state index is -0.343. The molecule has 1 aliphatic heterocycles. The van der Waals surface area contributed by atoms with Gasteiger partial charge in [0.1, 0.15) is 0 Å². The number of carbonyl (C=O) groups excluding carboxylic acids is 2. The molecule has 1 heterocycles. The Morgan fingerprint density at radius 2 is 1.93 bits per heavy atom. The highest BCUT2D eigenvalue weighted by molar-refractivity contribution is 6.16. The van der Waals surface area contributed by atoms with Gasteiger partial charge in [0, 0.05) is 12.5 Å². The minimum Gasteiger partial charge on any atom is -0.334 e. The zero-order chi connectivity index (χ0) is 10.8. The van der Waals surface area contributed by atoms with E-state index >= 15 is 0 Å². The maximum atomic E-state index is 11.7. The molecule has 1 N–H and O–H groups in total. The van der Waals surface area contributed by atoms with Crippen LogP contribution in [0.4, 0.5) is 10.5 Å². The Bertz CT molecular complexity index is 371. The number of nitrogens with zero attached hydrogens (tertiary/aromatic N) is 1. The van der Waals surface area contributed by atoms with Crippen molar-refractivity contribution in [2.45, 2.75) is 19.4 Å². The SMILES string of the molecule is C[C@@H]1CC(=O)N(c2ccccc2)C(=O)N1. The molecule has 15 heavy (non-hydrogen) atoms. The molecule has 0 radical (unpaired) electrons. The number of nitrogens with one attached hydrogen (secondary N) is 1. The van der Waals surface area contributed by atoms with Gasteiger partial charge in [-0.3, -0.25) is 4.79 Å². The zero-order valence-corrected chi connectivity index (χ0v) is 8.43. The van der Waals surface area contributed by atoms with Crippen LogP contribution in [0.3, 0.4) is 0 Å². The van der Waals surface area contributed by atoms with Gasteiger partial charge in [-0.2, -0.15) is 0 Å². The van der Waals surface area contributed by atoms with Crippen LogP contribution in [0, 0.1) is 0 Å². The van der Waals surface area contributed by atoms with Gasteiger partial charge in [0.25, 0.3) is 0 Å². The maximum Gasteiger partial charge on any atom is 0.328 e. The number of carbonyl (C=O) groups is 2. The molecule has 1 aromatic rings. The van der Waals surface area contributed by atoms with E-state index in [1.165, 1.54) is 4.90 Å². The van der Waals surface area contributed by atoms with Crippen LogP contribution in [0.1, 0.15) is 13.3 Å². The summed E-state index contributed by atoms with van der Waals surface area (Å²) >= 11 is 0. The van der Waals surface area contributed by atoms with Gasteiger partial charge in [-0.25, -0.2) is 9.69 Å². The molecule has 0 unspecified atom stereocenters. The summed E-state index contributed by atoms with van der Waals surface area (Å²) in [5.41, 5.74) is 0.618. The lowest BCUT2D eigenvalue weighted by Gasteiger charge is -2.29. The number of anilines is 1. The van der Waals surface area contributed by atoms with Gasteiger partial charge >= 0.3 is 6.03 Å². The lowest BCUT2D eigenvalue weighted by atomic mass is 10.1. The lowest BCUT2D eigenvalue weighted by Crippen LogP contribution is -2.54. The van der Waals surface area contributed by atoms with Gasteiger partial charge in [0.15, 0.2) is 0 Å². The van der Waals surface area contributed by atoms with E-state index in [-0.39, 0.29) is 18.0 Å². The van der Waals surface area contributed by atoms with E-state index in [9.17, 15) is 9.59 Å². The molecule has 4 nitrogen and oxygen atoms in total. The first-order valence-corrected chi connectivity index (χ1v) is 4.87. The number of rotatable bonds is 1. The third-order valence-electron chi connectivity index (χ3n) is 2.32. The van der Waals surface area contributed by atoms with Crippen molar-refractivity contribution in [3.63, 3.8) is 0 Å². The average Bonchev–Trinajstić information content (AvgIpc) is 2.17. The summed E-state index contributed by atoms with van der Waals surface area (Å²) < 4.78 is 0. The highest BCUT2D eigenvalue weighted by atomic mass is 16.2. The van der Waals surface area contributed by atoms with E-state index in [0.717, 1.165) is 0 Å². The molecule has 0 aliphatic carbocycles. The number of para-hydroxylation sites is 1. The molecule has 0 spiro atoms. The van der Waals surface area contributed by atoms with Crippen molar-refractivity contribution >= 4 is 17.6 Å². The summed E-state index contributed by atoms with van der Waals surface area (Å²) in [7, 11) is 0. The van der Waals surface area contributed by atoms with Crippen LogP contribution < -0.4 is 10.2 Å². The minimum absolute atomic E-state index is 0.0787. The van der Waals surface area contributed by atoms with E-state index in [2.05, 4.69) is 5.32 Å². The zero-order valence-electron chi connectivity index (χ0n) is 8.43. The molecular formula is C11H12N2O2. The number of hydrogen-bond acceptors (Lipinski definition) is 2. The van der Waals surface area contributed by atoms with E-state index in [1.54, 1.807) is 24.3 Å². The average molecular weight is 204 g/mol. The molecular weight excluding hydrogens is 192 g/mol. The number of benzene rings is 1. The Hall–Kier alpha value is -1.84. The Morgan fingerprint density at radius 1 is 1.27 bits per heavy atom. The fourth-order valence-electron chi connectivity index (χ4n) is 1.63. The Kier molecular flexibility index (Phi) is 2.41. The number of amides is 3. The van der Waals surface area contributed by atoms with Crippen molar-refractivity contribution in [3.05, 3.63) is 30.3 Å². The molecule has 4 heteroatoms. The normalized spacial score (nSPS) is 21.4. The summed E-state index contributed by atoms with van der Waals surface area (Å²) in [5, 5.41) is 2.72. The van der Waals surface area contributed by atoms with Crippen molar-refractivity contribution < 1.29 is 9.59 Å². The summed E-state index contributed by atoms with van der Waals surface area (Å²) in [4.78, 5) is 24.5. The van der Waals surface area contributed by atoms with Gasteiger partial charge in [-0.05, 0) is 19.1 Å². The lowest BCUT2D eigenvalue weighted by molar-refractivity contribution is -0.118. The van der Waals surface area contributed by atoms with Gasteiger partial charge in [0.05, 0.1) is 5.69 Å². The topological polar surface area (TPSA) is 49.4 Å². The second-order valence-corrected chi connectivity index (χ2v) is 3.62. The van der Waals surface area contributed by atoms with Crippen LogP contribution in [0.15, 0.2) is 30.3 Å². The predicted molar refractivity (Wildman–Crippen MR) is 56.5 cm³/mol. The van der Waals surface area contributed by atoms with Crippen molar-refractivity contribution in [1.29, 1.82) is 0 Å². The number of hydrogen-bond donors (Lipinski definition) is 1. The van der Waals surface area contributed by atoms with Gasteiger partial charge in [-0.1, -0.05) is 18.2 Å². The van der Waals surface area contributed by atoms with Crippen molar-refractivity contribution in [3.8, 4) is 0 Å². The van der Waals surface area contributed by atoms with Crippen molar-refractivity contribution in [2.75, 3.05) is 4.90 Å². The number of urea groups is 1. The van der Waals surface area contributed by atoms with E-state index in [1.807, 2.05) is 13.0 Å². The first-order valence-electron chi connectivity index (χ1n) is 4.87. The molecule has 0 bridgehead atoms. The second-order valence-electron chi connectivity index (χ2n) is 3.62. The molecule has 2 rings (SSSR count). The summed E-state index contributed by atoms with van der Waals surface area (Å²) in [6.07, 6.45) is 0.348. The van der Waals surface area contributed by atoms with Crippen LogP contribution in [-0.4, -0.2) is 18.0 Å². The van der Waals surface area contributed by atoms with Crippen LogP contribution in [0.25, 0.3) is 0 Å². The fourth-order valence-corrected chi connectivity index (χ4v) is 1.63. The first kappa shape index (κ1) is 9.71. The Balaban J connectivity index is 2.29. The predicted octanol–water partition coefficient (Wildman–Crippen LogP) is 1.52. The molecule has 3 amide bonds. The molecule has 0 saturated carbocycles. The van der Waals surface area contributed by atoms with Crippen LogP contribution in [-0.2, 0) is 4.79 Å². The molecule has 78 valence electrons. The smallest absolute Gasteiger partial charge is 0.328 e. The van der Waals surface area contributed by atoms with Gasteiger partial charge in [0.2, 0.25) is 5.91 Å². The third kappa shape index (κ3) is 1.83. The molecule has 1 aliphatic rings. The number of imide groups is 1. The van der Waals surface area contributed by atoms with Crippen molar-refractivity contribution in [1.82, 2.24) is 5.32 Å². The quantitative estimate of drug-likeness (QED) is 0.754. The monoisotopic (exact) mass is 204 g/mol. The first-order chi connectivity index (χ1) is 7.18. The molecule has 1 atom stereocenters. The molecule has 1 fully saturated rings. The summed E-state index contributed by atoms with van der Waals surface area (Å²) in [5.74, 6) is -0.155. The summed E-state index contributed by atoms with van der Waals surface area (Å²) in [6.45, 7) is 1.82. The van der Waals surface area contributed by atoms with Crippen LogP contribution in [0.5, 0.6) is 0 Å². The van der Waals surface area contributed by atoms with Crippen LogP contribution >= 0.6 is 0 Å². The second kappa shape index (κ2) is 3.73.